The van der Waals surface area contributed by atoms with Gasteiger partial charge < -0.3 is 29.9 Å². The average Bonchev–Trinajstić information content (AvgIpc) is 3.55. The minimum atomic E-state index is -1.26. The Kier molecular flexibility index (Phi) is 6.72. The van der Waals surface area contributed by atoms with Crippen molar-refractivity contribution in [2.75, 3.05) is 19.8 Å². The molecular weight excluding hydrogens is 420 g/mol. The van der Waals surface area contributed by atoms with Crippen LogP contribution in [-0.4, -0.2) is 64.7 Å². The van der Waals surface area contributed by atoms with Gasteiger partial charge in [-0.25, -0.2) is 0 Å². The minimum Gasteiger partial charge on any atom is -0.488 e. The first-order valence-electron chi connectivity index (χ1n) is 12.1. The molecule has 178 valence electrons. The summed E-state index contributed by atoms with van der Waals surface area (Å²) in [6.45, 7) is 1.19. The van der Waals surface area contributed by atoms with Crippen molar-refractivity contribution in [1.82, 2.24) is 0 Å². The highest BCUT2D eigenvalue weighted by atomic mass is 16.5. The maximum absolute atomic E-state index is 10.7. The van der Waals surface area contributed by atoms with Crippen LogP contribution in [0.25, 0.3) is 0 Å². The molecule has 0 aromatic heterocycles. The van der Waals surface area contributed by atoms with E-state index >= 15 is 0 Å². The molecule has 2 aromatic rings. The predicted molar refractivity (Wildman–Crippen MR) is 123 cm³/mol. The third kappa shape index (κ3) is 4.96. The fraction of sp³-hybridized carbons (Fsp3) is 0.556. The topological polar surface area (TPSA) is 99.4 Å². The Labute approximate surface area is 194 Å². The second kappa shape index (κ2) is 9.72. The van der Waals surface area contributed by atoms with Gasteiger partial charge in [0.05, 0.1) is 25.4 Å². The highest BCUT2D eigenvalue weighted by Crippen LogP contribution is 2.44. The summed E-state index contributed by atoms with van der Waals surface area (Å²) in [4.78, 5) is 0. The predicted octanol–water partition coefficient (Wildman–Crippen LogP) is 2.50. The first-order chi connectivity index (χ1) is 16.0. The SMILES string of the molecule is OC[C@H]1C[C@@H](c2ccc(C3CC3)c(Cc3ccc(O[C@H]4CCOC4)cc3)c2)[C@H](O)[C@@H](O)[C@@H]1O. The lowest BCUT2D eigenvalue weighted by Crippen LogP contribution is -2.51. The van der Waals surface area contributed by atoms with Crippen molar-refractivity contribution in [1.29, 1.82) is 0 Å². The van der Waals surface area contributed by atoms with Gasteiger partial charge in [-0.3, -0.25) is 0 Å². The van der Waals surface area contributed by atoms with Crippen molar-refractivity contribution in [3.63, 3.8) is 0 Å². The van der Waals surface area contributed by atoms with Gasteiger partial charge in [0, 0.05) is 24.9 Å². The molecule has 2 saturated carbocycles. The van der Waals surface area contributed by atoms with E-state index in [0.717, 1.165) is 30.8 Å². The van der Waals surface area contributed by atoms with E-state index in [1.807, 2.05) is 18.2 Å². The van der Waals surface area contributed by atoms with Crippen LogP contribution in [0.5, 0.6) is 5.75 Å². The molecule has 6 atom stereocenters. The summed E-state index contributed by atoms with van der Waals surface area (Å²) >= 11 is 0. The molecule has 6 nitrogen and oxygen atoms in total. The Morgan fingerprint density at radius 3 is 2.36 bits per heavy atom. The molecule has 2 aromatic carbocycles. The van der Waals surface area contributed by atoms with Crippen LogP contribution in [0.2, 0.25) is 0 Å². The summed E-state index contributed by atoms with van der Waals surface area (Å²) < 4.78 is 11.4. The van der Waals surface area contributed by atoms with Crippen LogP contribution >= 0.6 is 0 Å². The third-order valence-electron chi connectivity index (χ3n) is 7.51. The van der Waals surface area contributed by atoms with E-state index in [9.17, 15) is 20.4 Å². The summed E-state index contributed by atoms with van der Waals surface area (Å²) in [6, 6.07) is 14.6. The number of ether oxygens (including phenoxy) is 2. The van der Waals surface area contributed by atoms with Crippen molar-refractivity contribution in [3.8, 4) is 5.75 Å². The lowest BCUT2D eigenvalue weighted by molar-refractivity contribution is -0.127. The average molecular weight is 455 g/mol. The lowest BCUT2D eigenvalue weighted by atomic mass is 9.72. The first kappa shape index (κ1) is 22.8. The minimum absolute atomic E-state index is 0.132. The van der Waals surface area contributed by atoms with Gasteiger partial charge in [0.2, 0.25) is 0 Å². The molecule has 0 amide bonds. The normalized spacial score (nSPS) is 32.1. The summed E-state index contributed by atoms with van der Waals surface area (Å²) in [6.07, 6.45) is 1.26. The van der Waals surface area contributed by atoms with Crippen LogP contribution in [0.4, 0.5) is 0 Å². The summed E-state index contributed by atoms with van der Waals surface area (Å²) in [7, 11) is 0. The molecule has 3 fully saturated rings. The molecule has 6 heteroatoms. The largest absolute Gasteiger partial charge is 0.488 e. The van der Waals surface area contributed by atoms with Crippen LogP contribution in [0.3, 0.4) is 0 Å². The maximum Gasteiger partial charge on any atom is 0.124 e. The molecule has 3 aliphatic rings. The van der Waals surface area contributed by atoms with Gasteiger partial charge in [-0.15, -0.1) is 0 Å². The first-order valence-corrected chi connectivity index (χ1v) is 12.1. The van der Waals surface area contributed by atoms with Crippen LogP contribution < -0.4 is 4.74 Å². The van der Waals surface area contributed by atoms with E-state index in [1.165, 1.54) is 29.5 Å². The second-order valence-electron chi connectivity index (χ2n) is 9.91. The zero-order valence-electron chi connectivity index (χ0n) is 18.8. The molecule has 5 rings (SSSR count). The molecule has 0 spiro atoms. The number of rotatable bonds is 7. The van der Waals surface area contributed by atoms with Crippen molar-refractivity contribution < 1.29 is 29.9 Å². The molecule has 33 heavy (non-hydrogen) atoms. The number of aliphatic hydroxyl groups is 4. The van der Waals surface area contributed by atoms with Crippen LogP contribution in [0, 0.1) is 5.92 Å². The zero-order valence-corrected chi connectivity index (χ0v) is 18.8. The van der Waals surface area contributed by atoms with E-state index in [4.69, 9.17) is 9.47 Å². The van der Waals surface area contributed by atoms with Crippen molar-refractivity contribution in [2.24, 2.45) is 5.92 Å². The van der Waals surface area contributed by atoms with E-state index in [0.29, 0.717) is 18.9 Å². The van der Waals surface area contributed by atoms with Gasteiger partial charge in [-0.1, -0.05) is 30.3 Å². The molecule has 4 N–H and O–H groups in total. The Balaban J connectivity index is 1.36. The molecular formula is C27H34O6. The molecule has 0 bridgehead atoms. The number of hydrogen-bond donors (Lipinski definition) is 4. The fourth-order valence-electron chi connectivity index (χ4n) is 5.35. The molecule has 0 unspecified atom stereocenters. The van der Waals surface area contributed by atoms with Gasteiger partial charge in [0.15, 0.2) is 0 Å². The monoisotopic (exact) mass is 454 g/mol. The van der Waals surface area contributed by atoms with E-state index in [2.05, 4.69) is 24.3 Å². The van der Waals surface area contributed by atoms with E-state index in [-0.39, 0.29) is 18.6 Å². The Bertz CT molecular complexity index is 932. The third-order valence-corrected chi connectivity index (χ3v) is 7.51. The van der Waals surface area contributed by atoms with Gasteiger partial charge >= 0.3 is 0 Å². The molecule has 1 saturated heterocycles. The Morgan fingerprint density at radius 2 is 1.70 bits per heavy atom. The number of aliphatic hydroxyl groups excluding tert-OH is 4. The zero-order chi connectivity index (χ0) is 22.9. The molecule has 0 radical (unpaired) electrons. The second-order valence-corrected chi connectivity index (χ2v) is 9.91. The molecule has 1 aliphatic heterocycles. The van der Waals surface area contributed by atoms with Crippen molar-refractivity contribution >= 4 is 0 Å². The molecule has 2 aliphatic carbocycles. The highest BCUT2D eigenvalue weighted by Gasteiger charge is 2.43. The molecule has 1 heterocycles. The van der Waals surface area contributed by atoms with Gasteiger partial charge in [-0.2, -0.15) is 0 Å². The summed E-state index contributed by atoms with van der Waals surface area (Å²) in [5, 5.41) is 40.8. The van der Waals surface area contributed by atoms with E-state index < -0.39 is 24.2 Å². The van der Waals surface area contributed by atoms with Gasteiger partial charge in [0.1, 0.15) is 18.0 Å². The Hall–Kier alpha value is -1.96. The standard InChI is InChI=1S/C27H34O6/c28-14-20-13-24(26(30)27(31)25(20)29)18-5-8-23(17-3-4-17)19(12-18)11-16-1-6-21(7-2-16)33-22-9-10-32-15-22/h1-2,5-8,12,17,20,22,24-31H,3-4,9-11,13-15H2/t20-,22+,24+,25-,26+,27+/m1/s1. The maximum atomic E-state index is 10.7. The van der Waals surface area contributed by atoms with Crippen LogP contribution in [0.1, 0.15) is 59.8 Å². The van der Waals surface area contributed by atoms with Gasteiger partial charge in [-0.05, 0) is 66.0 Å². The van der Waals surface area contributed by atoms with Crippen LogP contribution in [-0.2, 0) is 11.2 Å². The summed E-state index contributed by atoms with van der Waals surface area (Å²) in [5.41, 5.74) is 4.73. The van der Waals surface area contributed by atoms with Crippen molar-refractivity contribution in [3.05, 3.63) is 64.7 Å². The van der Waals surface area contributed by atoms with Crippen LogP contribution in [0.15, 0.2) is 42.5 Å². The smallest absolute Gasteiger partial charge is 0.124 e. The van der Waals surface area contributed by atoms with Crippen molar-refractivity contribution in [2.45, 2.75) is 68.4 Å². The summed E-state index contributed by atoms with van der Waals surface area (Å²) in [5.74, 6) is 0.681. The number of hydrogen-bond acceptors (Lipinski definition) is 6. The highest BCUT2D eigenvalue weighted by molar-refractivity contribution is 5.42. The van der Waals surface area contributed by atoms with Gasteiger partial charge in [0.25, 0.3) is 0 Å². The quantitative estimate of drug-likeness (QED) is 0.513. The fourth-order valence-corrected chi connectivity index (χ4v) is 5.35. The Morgan fingerprint density at radius 1 is 0.909 bits per heavy atom. The lowest BCUT2D eigenvalue weighted by Gasteiger charge is -2.40. The van der Waals surface area contributed by atoms with E-state index in [1.54, 1.807) is 0 Å². The number of benzene rings is 2.